The number of halogens is 4. The molecule has 0 bridgehead atoms. The molecule has 0 heterocycles. The van der Waals surface area contributed by atoms with Gasteiger partial charge in [-0.1, -0.05) is 156 Å². The summed E-state index contributed by atoms with van der Waals surface area (Å²) in [5.41, 5.74) is 16.8. The maximum atomic E-state index is 8.09. The molecule has 0 aliphatic heterocycles. The van der Waals surface area contributed by atoms with E-state index in [0.29, 0.717) is 49.3 Å². The minimum atomic E-state index is -1.10. The van der Waals surface area contributed by atoms with Crippen LogP contribution in [0.4, 0.5) is 0 Å². The van der Waals surface area contributed by atoms with Crippen molar-refractivity contribution in [2.45, 2.75) is 104 Å². The van der Waals surface area contributed by atoms with Gasteiger partial charge in [0.05, 0.1) is 25.0 Å². The topological polar surface area (TPSA) is 27.7 Å². The van der Waals surface area contributed by atoms with Crippen molar-refractivity contribution in [3.63, 3.8) is 0 Å². The van der Waals surface area contributed by atoms with E-state index in [0.717, 1.165) is 77.9 Å². The van der Waals surface area contributed by atoms with Crippen LogP contribution in [-0.2, 0) is 58.5 Å². The van der Waals surface area contributed by atoms with Crippen LogP contribution >= 0.6 is 46.4 Å². The molecule has 2 aliphatic rings. The van der Waals surface area contributed by atoms with Gasteiger partial charge in [0.2, 0.25) is 0 Å². The monoisotopic (exact) mass is 1020 g/mol. The highest BCUT2D eigenvalue weighted by atomic mass is 35.5. The molecule has 0 radical (unpaired) electrons. The second-order valence-corrected chi connectivity index (χ2v) is 20.8. The Kier molecular flexibility index (Phi) is 16.9. The zero-order valence-corrected chi connectivity index (χ0v) is 45.4. The first-order valence-corrected chi connectivity index (χ1v) is 26.9. The third-order valence-electron chi connectivity index (χ3n) is 15.0. The van der Waals surface area contributed by atoms with E-state index in [2.05, 4.69) is 189 Å². The lowest BCUT2D eigenvalue weighted by Gasteiger charge is -2.45. The van der Waals surface area contributed by atoms with Crippen LogP contribution in [0.25, 0.3) is 0 Å². The molecule has 0 N–H and O–H groups in total. The van der Waals surface area contributed by atoms with Gasteiger partial charge in [-0.15, -0.1) is 46.4 Å². The maximum Gasteiger partial charge on any atom is 0.138 e. The highest BCUT2D eigenvalue weighted by Crippen LogP contribution is 2.57. The van der Waals surface area contributed by atoms with Crippen LogP contribution < -0.4 is 4.74 Å². The largest absolute Gasteiger partial charge is 0.456 e. The van der Waals surface area contributed by atoms with Crippen molar-refractivity contribution in [3.8, 4) is 11.5 Å². The SMILES string of the molecule is CC1=CC(OCc2ccccc2)(c2c(C)c(Cc3ccccc3)c(C)c(CCl)c2Oc2c(CCl)c(C)c(Cc3ccccc3)c(C)c2C2(OCc3ccccc3)C=C(C)C=C(C)C2CCl)C(CCl)C(C)=C1. The summed E-state index contributed by atoms with van der Waals surface area (Å²) >= 11 is 29.3. The smallest absolute Gasteiger partial charge is 0.138 e. The van der Waals surface area contributed by atoms with E-state index in [4.69, 9.17) is 60.6 Å². The Morgan fingerprint density at radius 1 is 0.408 bits per heavy atom. The van der Waals surface area contributed by atoms with Crippen molar-refractivity contribution in [1.29, 1.82) is 0 Å². The van der Waals surface area contributed by atoms with Crippen molar-refractivity contribution in [2.24, 2.45) is 11.8 Å². The van der Waals surface area contributed by atoms with Crippen LogP contribution in [0.3, 0.4) is 0 Å². The van der Waals surface area contributed by atoms with E-state index in [1.165, 1.54) is 22.3 Å². The van der Waals surface area contributed by atoms with Crippen LogP contribution in [0, 0.1) is 39.5 Å². The third kappa shape index (κ3) is 10.5. The molecule has 0 fully saturated rings. The van der Waals surface area contributed by atoms with Crippen LogP contribution in [0.15, 0.2) is 168 Å². The lowest BCUT2D eigenvalue weighted by Crippen LogP contribution is -2.42. The van der Waals surface area contributed by atoms with Gasteiger partial charge in [-0.05, 0) is 136 Å². The fourth-order valence-corrected chi connectivity index (χ4v) is 13.0. The van der Waals surface area contributed by atoms with Gasteiger partial charge in [0.15, 0.2) is 0 Å². The van der Waals surface area contributed by atoms with Gasteiger partial charge in [0.1, 0.15) is 22.7 Å². The molecule has 6 aromatic rings. The fourth-order valence-electron chi connectivity index (χ4n) is 11.4. The molecule has 6 aromatic carbocycles. The van der Waals surface area contributed by atoms with Crippen molar-refractivity contribution in [1.82, 2.24) is 0 Å². The Morgan fingerprint density at radius 3 is 1.04 bits per heavy atom. The minimum absolute atomic E-state index is 0.171. The average molecular weight is 1030 g/mol. The molecule has 7 heteroatoms. The number of benzene rings is 6. The number of allylic oxidation sites excluding steroid dienone is 4. The third-order valence-corrected chi connectivity index (χ3v) is 16.2. The van der Waals surface area contributed by atoms with E-state index in [9.17, 15) is 0 Å². The molecular formula is C64H66Cl4O3. The highest BCUT2D eigenvalue weighted by Gasteiger charge is 2.50. The second-order valence-electron chi connectivity index (χ2n) is 19.6. The molecule has 8 rings (SSSR count). The summed E-state index contributed by atoms with van der Waals surface area (Å²) in [5.74, 6) is 1.68. The molecule has 368 valence electrons. The van der Waals surface area contributed by atoms with Crippen LogP contribution in [0.5, 0.6) is 11.5 Å². The quantitative estimate of drug-likeness (QED) is 0.0803. The number of alkyl halides is 4. The van der Waals surface area contributed by atoms with Gasteiger partial charge in [-0.3, -0.25) is 0 Å². The van der Waals surface area contributed by atoms with Gasteiger partial charge < -0.3 is 14.2 Å². The molecule has 0 amide bonds. The number of rotatable bonds is 18. The van der Waals surface area contributed by atoms with E-state index < -0.39 is 11.2 Å². The van der Waals surface area contributed by atoms with Crippen molar-refractivity contribution >= 4 is 46.4 Å². The van der Waals surface area contributed by atoms with E-state index in [-0.39, 0.29) is 23.6 Å². The Balaban J connectivity index is 1.51. The van der Waals surface area contributed by atoms with Crippen molar-refractivity contribution in [2.75, 3.05) is 11.8 Å². The standard InChI is InChI=1S/C64H66Cl4O3/c1-41-29-43(3)57(37-67)63(33-41,69-39-51-25-17-11-18-26-51)59-47(7)53(31-49-21-13-9-14-22-49)45(5)55(35-65)61(59)71-62-56(36-66)46(6)54(32-50-23-15-10-16-24-50)48(8)60(62)64(70-40-52-27-19-12-20-28-52)34-42(2)30-44(4)58(64)38-68/h9-30,33-34,57-58H,31-32,35-40H2,1-8H3. The summed E-state index contributed by atoms with van der Waals surface area (Å²) in [6.45, 7) is 18.1. The van der Waals surface area contributed by atoms with Gasteiger partial charge in [0.25, 0.3) is 0 Å². The number of hydrogen-bond acceptors (Lipinski definition) is 3. The summed E-state index contributed by atoms with van der Waals surface area (Å²) in [7, 11) is 0. The second kappa shape index (κ2) is 22.9. The highest BCUT2D eigenvalue weighted by molar-refractivity contribution is 6.19. The average Bonchev–Trinajstić information content (AvgIpc) is 3.36. The minimum Gasteiger partial charge on any atom is -0.456 e. The first kappa shape index (κ1) is 52.5. The zero-order valence-electron chi connectivity index (χ0n) is 42.4. The van der Waals surface area contributed by atoms with Gasteiger partial charge >= 0.3 is 0 Å². The summed E-state index contributed by atoms with van der Waals surface area (Å²) in [6, 6.07) is 41.9. The molecule has 2 aliphatic carbocycles. The molecule has 0 spiro atoms. The number of hydrogen-bond donors (Lipinski definition) is 0. The molecule has 0 aromatic heterocycles. The summed E-state index contributed by atoms with van der Waals surface area (Å²) in [6.07, 6.45) is 10.4. The first-order chi connectivity index (χ1) is 34.3. The normalized spacial score (nSPS) is 20.0. The Hall–Kier alpha value is -4.84. The molecule has 4 atom stereocenters. The Labute approximate surface area is 443 Å². The Morgan fingerprint density at radius 2 is 0.732 bits per heavy atom. The van der Waals surface area contributed by atoms with Crippen LogP contribution in [-0.4, -0.2) is 11.8 Å². The van der Waals surface area contributed by atoms with Gasteiger partial charge in [0, 0.05) is 45.8 Å². The summed E-state index contributed by atoms with van der Waals surface area (Å²) in [4.78, 5) is 0. The number of ether oxygens (including phenoxy) is 3. The molecule has 0 saturated carbocycles. The van der Waals surface area contributed by atoms with Crippen molar-refractivity contribution < 1.29 is 14.2 Å². The van der Waals surface area contributed by atoms with E-state index in [1.54, 1.807) is 0 Å². The van der Waals surface area contributed by atoms with Crippen LogP contribution in [0.2, 0.25) is 0 Å². The molecule has 0 saturated heterocycles. The summed E-state index contributed by atoms with van der Waals surface area (Å²) in [5, 5.41) is 0. The molecule has 71 heavy (non-hydrogen) atoms. The van der Waals surface area contributed by atoms with Gasteiger partial charge in [-0.2, -0.15) is 0 Å². The predicted octanol–water partition coefficient (Wildman–Crippen LogP) is 17.7. The van der Waals surface area contributed by atoms with Crippen molar-refractivity contribution in [3.05, 3.63) is 246 Å². The van der Waals surface area contributed by atoms with Crippen LogP contribution in [0.1, 0.15) is 106 Å². The molecular weight excluding hydrogens is 959 g/mol. The molecule has 3 nitrogen and oxygen atoms in total. The predicted molar refractivity (Wildman–Crippen MR) is 299 cm³/mol. The van der Waals surface area contributed by atoms with Gasteiger partial charge in [-0.25, -0.2) is 0 Å². The lowest BCUT2D eigenvalue weighted by molar-refractivity contribution is -0.0565. The summed E-state index contributed by atoms with van der Waals surface area (Å²) < 4.78 is 23.3. The zero-order chi connectivity index (χ0) is 50.5. The lowest BCUT2D eigenvalue weighted by atomic mass is 9.69. The Bertz CT molecular complexity index is 2770. The first-order valence-electron chi connectivity index (χ1n) is 24.7. The molecule has 4 unspecified atom stereocenters. The fraction of sp³-hybridized carbons (Fsp3) is 0.312. The maximum absolute atomic E-state index is 8.09. The van der Waals surface area contributed by atoms with E-state index in [1.807, 2.05) is 12.1 Å². The van der Waals surface area contributed by atoms with E-state index >= 15 is 0 Å².